The van der Waals surface area contributed by atoms with Crippen LogP contribution in [0.2, 0.25) is 0 Å². The van der Waals surface area contributed by atoms with Crippen LogP contribution in [-0.2, 0) is 0 Å². The van der Waals surface area contributed by atoms with Crippen molar-refractivity contribution in [1.29, 1.82) is 0 Å². The molecule has 0 radical (unpaired) electrons. The summed E-state index contributed by atoms with van der Waals surface area (Å²) in [6.07, 6.45) is 0.770. The second-order valence-corrected chi connectivity index (χ2v) is 4.94. The Morgan fingerprint density at radius 2 is 1.91 bits per heavy atom. The lowest BCUT2D eigenvalue weighted by atomic mass is 10.0. The van der Waals surface area contributed by atoms with E-state index in [0.717, 1.165) is 6.42 Å². The number of carboxylic acids is 1. The zero-order chi connectivity index (χ0) is 16.8. The van der Waals surface area contributed by atoms with Gasteiger partial charge >= 0.3 is 5.97 Å². The van der Waals surface area contributed by atoms with Gasteiger partial charge in [-0.25, -0.2) is 9.18 Å². The van der Waals surface area contributed by atoms with Crippen LogP contribution in [0.4, 0.5) is 4.39 Å². The molecule has 2 aromatic carbocycles. The van der Waals surface area contributed by atoms with Crippen molar-refractivity contribution in [2.24, 2.45) is 0 Å². The summed E-state index contributed by atoms with van der Waals surface area (Å²) in [5, 5.41) is 9.35. The Bertz CT molecular complexity index is 697. The average Bonchev–Trinajstić information content (AvgIpc) is 2.54. The predicted octanol–water partition coefficient (Wildman–Crippen LogP) is 4.38. The maximum Gasteiger partial charge on any atom is 0.339 e. The maximum atomic E-state index is 14.1. The molecule has 1 N–H and O–H groups in total. The van der Waals surface area contributed by atoms with Gasteiger partial charge in [0.2, 0.25) is 0 Å². The maximum absolute atomic E-state index is 14.1. The summed E-state index contributed by atoms with van der Waals surface area (Å²) in [4.78, 5) is 11.4. The summed E-state index contributed by atoms with van der Waals surface area (Å²) < 4.78 is 24.9. The van der Waals surface area contributed by atoms with Crippen LogP contribution in [0.5, 0.6) is 11.5 Å². The molecule has 0 aliphatic heterocycles. The van der Waals surface area contributed by atoms with Crippen molar-refractivity contribution in [3.8, 4) is 22.6 Å². The summed E-state index contributed by atoms with van der Waals surface area (Å²) in [7, 11) is 0. The average molecular weight is 318 g/mol. The van der Waals surface area contributed by atoms with Crippen LogP contribution in [0, 0.1) is 5.82 Å². The molecule has 0 aromatic heterocycles. The second-order valence-electron chi connectivity index (χ2n) is 4.94. The highest BCUT2D eigenvalue weighted by atomic mass is 19.1. The van der Waals surface area contributed by atoms with Gasteiger partial charge < -0.3 is 14.6 Å². The molecular formula is C18H19FO4. The molecule has 0 spiro atoms. The number of carbonyl (C=O) groups is 1. The molecule has 0 atom stereocenters. The minimum absolute atomic E-state index is 0.0113. The minimum Gasteiger partial charge on any atom is -0.494 e. The molecule has 4 nitrogen and oxygen atoms in total. The van der Waals surface area contributed by atoms with Crippen molar-refractivity contribution in [1.82, 2.24) is 0 Å². The quantitative estimate of drug-likeness (QED) is 0.823. The van der Waals surface area contributed by atoms with Gasteiger partial charge in [0.05, 0.1) is 13.2 Å². The van der Waals surface area contributed by atoms with E-state index in [9.17, 15) is 14.3 Å². The molecule has 23 heavy (non-hydrogen) atoms. The van der Waals surface area contributed by atoms with E-state index in [0.29, 0.717) is 30.1 Å². The summed E-state index contributed by atoms with van der Waals surface area (Å²) in [5.74, 6) is -0.733. The van der Waals surface area contributed by atoms with Gasteiger partial charge in [-0.15, -0.1) is 0 Å². The van der Waals surface area contributed by atoms with Crippen LogP contribution < -0.4 is 9.47 Å². The van der Waals surface area contributed by atoms with Gasteiger partial charge in [0.1, 0.15) is 22.9 Å². The minimum atomic E-state index is -1.11. The van der Waals surface area contributed by atoms with Crippen molar-refractivity contribution in [2.75, 3.05) is 13.2 Å². The summed E-state index contributed by atoms with van der Waals surface area (Å²) in [6.45, 7) is 4.66. The lowest BCUT2D eigenvalue weighted by molar-refractivity contribution is 0.0692. The van der Waals surface area contributed by atoms with Gasteiger partial charge in [-0.1, -0.05) is 13.0 Å². The number of hydrogen-bond acceptors (Lipinski definition) is 3. The molecule has 2 rings (SSSR count). The Morgan fingerprint density at radius 1 is 1.13 bits per heavy atom. The van der Waals surface area contributed by atoms with Gasteiger partial charge in [-0.2, -0.15) is 0 Å². The monoisotopic (exact) mass is 318 g/mol. The standard InChI is InChI=1S/C18H19FO4/c1-3-9-23-17-8-5-12(10-15(17)18(20)21)14-11-13(22-4-2)6-7-16(14)19/h5-8,10-11H,3-4,9H2,1-2H3,(H,20,21). The van der Waals surface area contributed by atoms with Gasteiger partial charge in [0, 0.05) is 5.56 Å². The second kappa shape index (κ2) is 7.63. The van der Waals surface area contributed by atoms with E-state index < -0.39 is 11.8 Å². The van der Waals surface area contributed by atoms with Gasteiger partial charge in [0.25, 0.3) is 0 Å². The number of rotatable bonds is 7. The molecule has 0 amide bonds. The fourth-order valence-electron chi connectivity index (χ4n) is 2.18. The van der Waals surface area contributed by atoms with Crippen molar-refractivity contribution in [3.05, 3.63) is 47.8 Å². The first kappa shape index (κ1) is 16.8. The third kappa shape index (κ3) is 4.00. The number of hydrogen-bond donors (Lipinski definition) is 1. The number of aromatic carboxylic acids is 1. The molecule has 2 aromatic rings. The zero-order valence-electron chi connectivity index (χ0n) is 13.1. The Balaban J connectivity index is 2.45. The summed E-state index contributed by atoms with van der Waals surface area (Å²) in [5.41, 5.74) is 0.767. The largest absolute Gasteiger partial charge is 0.494 e. The van der Waals surface area contributed by atoms with Crippen LogP contribution in [-0.4, -0.2) is 24.3 Å². The molecule has 0 aliphatic rings. The van der Waals surface area contributed by atoms with E-state index in [4.69, 9.17) is 9.47 Å². The third-order valence-electron chi connectivity index (χ3n) is 3.23. The Kier molecular flexibility index (Phi) is 5.57. The van der Waals surface area contributed by atoms with E-state index in [1.54, 1.807) is 24.3 Å². The lowest BCUT2D eigenvalue weighted by Crippen LogP contribution is -2.04. The van der Waals surface area contributed by atoms with E-state index in [-0.39, 0.29) is 11.3 Å². The molecule has 5 heteroatoms. The molecule has 122 valence electrons. The van der Waals surface area contributed by atoms with Crippen molar-refractivity contribution >= 4 is 5.97 Å². The van der Waals surface area contributed by atoms with E-state index in [1.165, 1.54) is 12.1 Å². The summed E-state index contributed by atoms with van der Waals surface area (Å²) in [6, 6.07) is 9.03. The van der Waals surface area contributed by atoms with Crippen LogP contribution in [0.15, 0.2) is 36.4 Å². The van der Waals surface area contributed by atoms with Crippen LogP contribution in [0.25, 0.3) is 11.1 Å². The van der Waals surface area contributed by atoms with Gasteiger partial charge in [-0.05, 0) is 49.2 Å². The first-order chi connectivity index (χ1) is 11.1. The number of carboxylic acid groups (broad SMARTS) is 1. The van der Waals surface area contributed by atoms with Crippen molar-refractivity contribution in [2.45, 2.75) is 20.3 Å². The normalized spacial score (nSPS) is 10.4. The molecule has 0 bridgehead atoms. The molecule has 0 aliphatic carbocycles. The third-order valence-corrected chi connectivity index (χ3v) is 3.23. The first-order valence-corrected chi connectivity index (χ1v) is 7.49. The molecule has 0 heterocycles. The predicted molar refractivity (Wildman–Crippen MR) is 85.8 cm³/mol. The molecule has 0 fully saturated rings. The highest BCUT2D eigenvalue weighted by Crippen LogP contribution is 2.31. The lowest BCUT2D eigenvalue weighted by Gasteiger charge is -2.12. The highest BCUT2D eigenvalue weighted by molar-refractivity contribution is 5.92. The number of benzene rings is 2. The van der Waals surface area contributed by atoms with Gasteiger partial charge in [-0.3, -0.25) is 0 Å². The first-order valence-electron chi connectivity index (χ1n) is 7.49. The van der Waals surface area contributed by atoms with Gasteiger partial charge in [0.15, 0.2) is 0 Å². The molecule has 0 saturated carbocycles. The van der Waals surface area contributed by atoms with Crippen LogP contribution >= 0.6 is 0 Å². The van der Waals surface area contributed by atoms with E-state index in [2.05, 4.69) is 0 Å². The Morgan fingerprint density at radius 3 is 2.57 bits per heavy atom. The van der Waals surface area contributed by atoms with Crippen molar-refractivity contribution < 1.29 is 23.8 Å². The van der Waals surface area contributed by atoms with E-state index >= 15 is 0 Å². The molecular weight excluding hydrogens is 299 g/mol. The van der Waals surface area contributed by atoms with Crippen LogP contribution in [0.1, 0.15) is 30.6 Å². The molecule has 0 unspecified atom stereocenters. The van der Waals surface area contributed by atoms with E-state index in [1.807, 2.05) is 13.8 Å². The smallest absolute Gasteiger partial charge is 0.339 e. The SMILES string of the molecule is CCCOc1ccc(-c2cc(OCC)ccc2F)cc1C(=O)O. The number of ether oxygens (including phenoxy) is 2. The topological polar surface area (TPSA) is 55.8 Å². The Labute approximate surface area is 134 Å². The zero-order valence-corrected chi connectivity index (χ0v) is 13.1. The number of halogens is 1. The molecule has 0 saturated heterocycles. The fourth-order valence-corrected chi connectivity index (χ4v) is 2.18. The summed E-state index contributed by atoms with van der Waals surface area (Å²) >= 11 is 0. The fraction of sp³-hybridized carbons (Fsp3) is 0.278. The van der Waals surface area contributed by atoms with Crippen LogP contribution in [0.3, 0.4) is 0 Å². The van der Waals surface area contributed by atoms with Crippen molar-refractivity contribution in [3.63, 3.8) is 0 Å². The Hall–Kier alpha value is -2.56. The highest BCUT2D eigenvalue weighted by Gasteiger charge is 2.15.